The topological polar surface area (TPSA) is 93.7 Å². The second kappa shape index (κ2) is 9.43. The maximum Gasteiger partial charge on any atom is 0.336 e. The monoisotopic (exact) mass is 522 g/mol. The Morgan fingerprint density at radius 2 is 2.13 bits per heavy atom. The third-order valence-electron chi connectivity index (χ3n) is 9.73. The lowest BCUT2D eigenvalue weighted by atomic mass is 9.46. The summed E-state index contributed by atoms with van der Waals surface area (Å²) in [5.41, 5.74) is 3.52. The average Bonchev–Trinajstić information content (AvgIpc) is 3.50. The van der Waals surface area contributed by atoms with Crippen molar-refractivity contribution >= 4 is 5.97 Å². The molecule has 3 heterocycles. The number of aromatic amines is 1. The highest BCUT2D eigenvalue weighted by Gasteiger charge is 2.60. The highest BCUT2D eigenvalue weighted by molar-refractivity contribution is 5.91. The van der Waals surface area contributed by atoms with Gasteiger partial charge in [0, 0.05) is 11.0 Å². The van der Waals surface area contributed by atoms with Gasteiger partial charge in [-0.2, -0.15) is 5.10 Å². The Labute approximate surface area is 222 Å². The van der Waals surface area contributed by atoms with E-state index in [1.807, 2.05) is 12.1 Å². The molecule has 0 bridgehead atoms. The van der Waals surface area contributed by atoms with E-state index in [2.05, 4.69) is 30.6 Å². The maximum atomic E-state index is 13.9. The largest absolute Gasteiger partial charge is 0.459 e. The summed E-state index contributed by atoms with van der Waals surface area (Å²) in [5.74, 6) is -0.196. The fourth-order valence-electron chi connectivity index (χ4n) is 7.71. The number of allylic oxidation sites excluding steroid dienone is 2. The number of aliphatic hydroxyl groups excluding tert-OH is 1. The number of hydrogen-bond acceptors (Lipinski definition) is 6. The molecule has 2 saturated carbocycles. The average molecular weight is 523 g/mol. The molecule has 4 aliphatic rings. The molecular formula is C30H35FN2O5. The minimum absolute atomic E-state index is 0.00610. The highest BCUT2D eigenvalue weighted by Crippen LogP contribution is 2.64. The van der Waals surface area contributed by atoms with Crippen molar-refractivity contribution in [1.29, 1.82) is 0 Å². The van der Waals surface area contributed by atoms with Gasteiger partial charge in [-0.1, -0.05) is 44.2 Å². The Kier molecular flexibility index (Phi) is 6.32. The van der Waals surface area contributed by atoms with Crippen LogP contribution in [-0.2, 0) is 19.0 Å². The first-order chi connectivity index (χ1) is 18.2. The van der Waals surface area contributed by atoms with Gasteiger partial charge >= 0.3 is 5.97 Å². The quantitative estimate of drug-likeness (QED) is 0.324. The van der Waals surface area contributed by atoms with Crippen LogP contribution in [0.25, 0.3) is 11.3 Å². The number of aliphatic hydroxyl groups is 1. The third kappa shape index (κ3) is 4.05. The molecule has 202 valence electrons. The number of halogens is 1. The summed E-state index contributed by atoms with van der Waals surface area (Å²) in [6.45, 7) is 9.63. The molecule has 1 aromatic carbocycles. The molecule has 2 saturated heterocycles. The lowest BCUT2D eigenvalue weighted by molar-refractivity contribution is -0.307. The van der Waals surface area contributed by atoms with Crippen LogP contribution in [0.15, 0.2) is 54.3 Å². The molecule has 2 aromatic rings. The predicted molar refractivity (Wildman–Crippen MR) is 138 cm³/mol. The molecular weight excluding hydrogens is 487 g/mol. The van der Waals surface area contributed by atoms with Crippen LogP contribution in [0.1, 0.15) is 57.8 Å². The van der Waals surface area contributed by atoms with Crippen molar-refractivity contribution in [3.8, 4) is 11.3 Å². The first-order valence-corrected chi connectivity index (χ1v) is 13.5. The van der Waals surface area contributed by atoms with Gasteiger partial charge < -0.3 is 19.3 Å². The summed E-state index contributed by atoms with van der Waals surface area (Å²) in [6, 6.07) is 6.41. The van der Waals surface area contributed by atoms with Crippen LogP contribution in [0.3, 0.4) is 0 Å². The van der Waals surface area contributed by atoms with Gasteiger partial charge in [0.15, 0.2) is 6.29 Å². The SMILES string of the molecule is C=C1CC[C@@H]2[C@]3(C)COC(c4cn[nH]c4-c4cccc(F)c4)O[C@@H]3CC[C@@]2(C)[C@@H]1C/C=C1/C(=O)OCC1O. The van der Waals surface area contributed by atoms with E-state index in [1.54, 1.807) is 12.3 Å². The van der Waals surface area contributed by atoms with Gasteiger partial charge in [0.2, 0.25) is 0 Å². The number of aromatic nitrogens is 2. The van der Waals surface area contributed by atoms with Crippen molar-refractivity contribution in [3.63, 3.8) is 0 Å². The molecule has 2 aliphatic carbocycles. The Balaban J connectivity index is 1.23. The van der Waals surface area contributed by atoms with Gasteiger partial charge in [-0.15, -0.1) is 0 Å². The fourth-order valence-corrected chi connectivity index (χ4v) is 7.71. The molecule has 1 aromatic heterocycles. The lowest BCUT2D eigenvalue weighted by Gasteiger charge is -2.62. The first kappa shape index (κ1) is 25.5. The molecule has 2 unspecified atom stereocenters. The van der Waals surface area contributed by atoms with Gasteiger partial charge in [-0.25, -0.2) is 9.18 Å². The van der Waals surface area contributed by atoms with Gasteiger partial charge in [0.25, 0.3) is 0 Å². The number of nitrogens with zero attached hydrogens (tertiary/aromatic N) is 1. The van der Waals surface area contributed by atoms with E-state index in [0.29, 0.717) is 35.8 Å². The number of nitrogens with one attached hydrogen (secondary N) is 1. The number of carbonyl (C=O) groups excluding carboxylic acids is 1. The van der Waals surface area contributed by atoms with Crippen LogP contribution in [0, 0.1) is 28.5 Å². The molecule has 2 N–H and O–H groups in total. The Hall–Kier alpha value is -2.81. The third-order valence-corrected chi connectivity index (χ3v) is 9.73. The predicted octanol–water partition coefficient (Wildman–Crippen LogP) is 5.25. The van der Waals surface area contributed by atoms with Gasteiger partial charge in [-0.3, -0.25) is 5.10 Å². The smallest absolute Gasteiger partial charge is 0.336 e. The number of fused-ring (bicyclic) bond motifs is 3. The molecule has 0 radical (unpaired) electrons. The normalized spacial score (nSPS) is 38.1. The molecule has 4 fully saturated rings. The van der Waals surface area contributed by atoms with Crippen LogP contribution >= 0.6 is 0 Å². The van der Waals surface area contributed by atoms with E-state index in [-0.39, 0.29) is 35.3 Å². The zero-order chi connectivity index (χ0) is 26.7. The minimum atomic E-state index is -0.853. The standard InChI is InChI=1S/C30H35FN2O5/c1-17-7-10-24-29(2,22(17)9-8-20-23(34)15-36-27(20)35)12-11-25-30(24,3)16-37-28(38-25)21-14-32-33-26(21)18-5-4-6-19(31)13-18/h4-6,8,13-14,22-25,28,34H,1,7,9-12,15-16H2,2-3H3,(H,32,33)/b20-8+/t22-,23?,24+,25-,28?,29+,30+/m1/s1. The number of esters is 1. The number of carbonyl (C=O) groups is 1. The molecule has 38 heavy (non-hydrogen) atoms. The lowest BCUT2D eigenvalue weighted by Crippen LogP contribution is -2.60. The van der Waals surface area contributed by atoms with Crippen molar-refractivity contribution in [2.75, 3.05) is 13.2 Å². The van der Waals surface area contributed by atoms with Crippen LogP contribution in [-0.4, -0.2) is 46.7 Å². The number of rotatable bonds is 4. The number of cyclic esters (lactones) is 1. The molecule has 8 heteroatoms. The molecule has 7 nitrogen and oxygen atoms in total. The van der Waals surface area contributed by atoms with E-state index < -0.39 is 18.4 Å². The number of hydrogen-bond donors (Lipinski definition) is 2. The van der Waals surface area contributed by atoms with E-state index in [9.17, 15) is 14.3 Å². The first-order valence-electron chi connectivity index (χ1n) is 13.5. The second-order valence-electron chi connectivity index (χ2n) is 11.8. The van der Waals surface area contributed by atoms with Crippen LogP contribution in [0.2, 0.25) is 0 Å². The molecule has 6 rings (SSSR count). The van der Waals surface area contributed by atoms with Gasteiger partial charge in [0.1, 0.15) is 18.5 Å². The number of H-pyrrole nitrogens is 1. The van der Waals surface area contributed by atoms with Crippen LogP contribution in [0.5, 0.6) is 0 Å². The molecule has 0 spiro atoms. The number of ether oxygens (including phenoxy) is 3. The van der Waals surface area contributed by atoms with Crippen molar-refractivity contribution in [2.45, 2.75) is 64.4 Å². The van der Waals surface area contributed by atoms with Crippen molar-refractivity contribution in [1.82, 2.24) is 10.2 Å². The van der Waals surface area contributed by atoms with Gasteiger partial charge in [0.05, 0.1) is 35.7 Å². The van der Waals surface area contributed by atoms with E-state index in [0.717, 1.165) is 31.2 Å². The van der Waals surface area contributed by atoms with Crippen LogP contribution in [0.4, 0.5) is 4.39 Å². The summed E-state index contributed by atoms with van der Waals surface area (Å²) in [5, 5.41) is 17.4. The maximum absolute atomic E-state index is 13.9. The van der Waals surface area contributed by atoms with Crippen LogP contribution < -0.4 is 0 Å². The summed E-state index contributed by atoms with van der Waals surface area (Å²) in [6.07, 6.45) is 6.57. The fraction of sp³-hybridized carbons (Fsp3) is 0.533. The highest BCUT2D eigenvalue weighted by atomic mass is 19.1. The van der Waals surface area contributed by atoms with Gasteiger partial charge in [-0.05, 0) is 61.5 Å². The van der Waals surface area contributed by atoms with E-state index >= 15 is 0 Å². The molecule has 2 aliphatic heterocycles. The molecule has 0 amide bonds. The van der Waals surface area contributed by atoms with E-state index in [4.69, 9.17) is 14.2 Å². The summed E-state index contributed by atoms with van der Waals surface area (Å²) in [4.78, 5) is 12.1. The summed E-state index contributed by atoms with van der Waals surface area (Å²) < 4.78 is 32.0. The Morgan fingerprint density at radius 3 is 2.89 bits per heavy atom. The zero-order valence-electron chi connectivity index (χ0n) is 21.9. The number of benzene rings is 1. The Bertz CT molecular complexity index is 1290. The van der Waals surface area contributed by atoms with Crippen molar-refractivity contribution in [2.24, 2.45) is 22.7 Å². The second-order valence-corrected chi connectivity index (χ2v) is 11.8. The van der Waals surface area contributed by atoms with Crippen molar-refractivity contribution < 1.29 is 28.5 Å². The zero-order valence-corrected chi connectivity index (χ0v) is 21.9. The minimum Gasteiger partial charge on any atom is -0.459 e. The van der Waals surface area contributed by atoms with E-state index in [1.165, 1.54) is 17.7 Å². The van der Waals surface area contributed by atoms with Crippen molar-refractivity contribution in [3.05, 3.63) is 65.6 Å². The Morgan fingerprint density at radius 1 is 1.29 bits per heavy atom. The summed E-state index contributed by atoms with van der Waals surface area (Å²) in [7, 11) is 0. The summed E-state index contributed by atoms with van der Waals surface area (Å²) >= 11 is 0. The molecule has 7 atom stereocenters.